The molecule has 0 saturated heterocycles. The summed E-state index contributed by atoms with van der Waals surface area (Å²) in [6.45, 7) is 1.71. The second kappa shape index (κ2) is 4.29. The zero-order chi connectivity index (χ0) is 11.7. The first-order valence-corrected chi connectivity index (χ1v) is 6.06. The van der Waals surface area contributed by atoms with Crippen molar-refractivity contribution in [3.05, 3.63) is 29.0 Å². The molecule has 0 bridgehead atoms. The average molecular weight is 292 g/mol. The first-order chi connectivity index (χ1) is 8.34. The lowest BCUT2D eigenvalue weighted by Gasteiger charge is -2.18. The standard InChI is InChI=1S/C11H10BrN5/c12-10-8(16-17-6-5-13-7-17)1-2-9-11(10)15-4-3-14-9/h1-4,7,16H,5-6H2. The van der Waals surface area contributed by atoms with Gasteiger partial charge in [0.25, 0.3) is 0 Å². The van der Waals surface area contributed by atoms with Crippen LogP contribution >= 0.6 is 15.9 Å². The van der Waals surface area contributed by atoms with E-state index in [0.29, 0.717) is 0 Å². The summed E-state index contributed by atoms with van der Waals surface area (Å²) in [6.07, 6.45) is 5.18. The van der Waals surface area contributed by atoms with Crippen LogP contribution in [0.2, 0.25) is 0 Å². The van der Waals surface area contributed by atoms with E-state index in [1.165, 1.54) is 0 Å². The Morgan fingerprint density at radius 1 is 1.24 bits per heavy atom. The minimum atomic E-state index is 0.831. The number of hydrogen-bond donors (Lipinski definition) is 1. The maximum atomic E-state index is 4.31. The van der Waals surface area contributed by atoms with Gasteiger partial charge >= 0.3 is 0 Å². The molecule has 2 heterocycles. The molecule has 0 aliphatic carbocycles. The number of aliphatic imine (C=N–C) groups is 1. The van der Waals surface area contributed by atoms with Gasteiger partial charge in [-0.2, -0.15) is 0 Å². The highest BCUT2D eigenvalue weighted by Crippen LogP contribution is 2.29. The fourth-order valence-corrected chi connectivity index (χ4v) is 2.23. The molecule has 0 radical (unpaired) electrons. The predicted molar refractivity (Wildman–Crippen MR) is 70.9 cm³/mol. The van der Waals surface area contributed by atoms with E-state index in [9.17, 15) is 0 Å². The number of nitrogens with zero attached hydrogens (tertiary/aromatic N) is 4. The smallest absolute Gasteiger partial charge is 0.105 e. The van der Waals surface area contributed by atoms with Gasteiger partial charge in [-0.15, -0.1) is 0 Å². The van der Waals surface area contributed by atoms with Gasteiger partial charge in [0.15, 0.2) is 0 Å². The molecule has 0 fully saturated rings. The molecule has 1 aliphatic heterocycles. The van der Waals surface area contributed by atoms with Gasteiger partial charge in [0.2, 0.25) is 0 Å². The van der Waals surface area contributed by atoms with Crippen LogP contribution in [0.5, 0.6) is 0 Å². The molecule has 0 amide bonds. The van der Waals surface area contributed by atoms with Crippen LogP contribution in [0.1, 0.15) is 0 Å². The summed E-state index contributed by atoms with van der Waals surface area (Å²) in [5, 5.41) is 1.95. The molecule has 6 heteroatoms. The summed E-state index contributed by atoms with van der Waals surface area (Å²) < 4.78 is 0.920. The SMILES string of the molecule is Brc1c(NN2C=NCC2)ccc2nccnc12. The third-order valence-corrected chi connectivity index (χ3v) is 3.34. The van der Waals surface area contributed by atoms with Crippen molar-refractivity contribution in [3.8, 4) is 0 Å². The fourth-order valence-electron chi connectivity index (χ4n) is 1.71. The van der Waals surface area contributed by atoms with Gasteiger partial charge in [0.1, 0.15) is 11.9 Å². The van der Waals surface area contributed by atoms with Crippen LogP contribution in [0.3, 0.4) is 0 Å². The van der Waals surface area contributed by atoms with E-state index in [1.54, 1.807) is 18.7 Å². The van der Waals surface area contributed by atoms with Crippen molar-refractivity contribution in [2.24, 2.45) is 4.99 Å². The second-order valence-corrected chi connectivity index (χ2v) is 4.47. The van der Waals surface area contributed by atoms with E-state index in [2.05, 4.69) is 36.3 Å². The molecular formula is C11H10BrN5. The van der Waals surface area contributed by atoms with Crippen LogP contribution in [0.25, 0.3) is 11.0 Å². The topological polar surface area (TPSA) is 53.4 Å². The average Bonchev–Trinajstić information content (AvgIpc) is 2.86. The normalized spacial score (nSPS) is 14.5. The zero-order valence-electron chi connectivity index (χ0n) is 8.97. The Bertz CT molecular complexity index is 583. The maximum absolute atomic E-state index is 4.31. The molecule has 86 valence electrons. The van der Waals surface area contributed by atoms with Gasteiger partial charge in [-0.1, -0.05) is 0 Å². The highest BCUT2D eigenvalue weighted by atomic mass is 79.9. The van der Waals surface area contributed by atoms with Crippen LogP contribution < -0.4 is 5.43 Å². The van der Waals surface area contributed by atoms with Gasteiger partial charge in [-0.3, -0.25) is 25.4 Å². The number of hydrazine groups is 1. The number of fused-ring (bicyclic) bond motifs is 1. The van der Waals surface area contributed by atoms with Crippen molar-refractivity contribution >= 4 is 39.0 Å². The van der Waals surface area contributed by atoms with Crippen LogP contribution in [-0.4, -0.2) is 34.4 Å². The van der Waals surface area contributed by atoms with Gasteiger partial charge in [0.05, 0.1) is 28.8 Å². The monoisotopic (exact) mass is 291 g/mol. The van der Waals surface area contributed by atoms with Crippen molar-refractivity contribution in [1.82, 2.24) is 15.0 Å². The third-order valence-electron chi connectivity index (χ3n) is 2.53. The van der Waals surface area contributed by atoms with Gasteiger partial charge in [-0.05, 0) is 28.1 Å². The number of nitrogens with one attached hydrogen (secondary N) is 1. The van der Waals surface area contributed by atoms with E-state index in [-0.39, 0.29) is 0 Å². The van der Waals surface area contributed by atoms with Crippen LogP contribution in [0.15, 0.2) is 34.0 Å². The Hall–Kier alpha value is -1.69. The third kappa shape index (κ3) is 1.95. The van der Waals surface area contributed by atoms with E-state index in [1.807, 2.05) is 17.1 Å². The quantitative estimate of drug-likeness (QED) is 0.920. The number of aromatic nitrogens is 2. The summed E-state index contributed by atoms with van der Waals surface area (Å²) in [4.78, 5) is 12.7. The lowest BCUT2D eigenvalue weighted by atomic mass is 10.2. The molecule has 1 N–H and O–H groups in total. The molecule has 1 aromatic carbocycles. The summed E-state index contributed by atoms with van der Waals surface area (Å²) in [6, 6.07) is 3.93. The number of hydrogen-bond acceptors (Lipinski definition) is 5. The molecule has 3 rings (SSSR count). The number of rotatable bonds is 2. The Morgan fingerprint density at radius 3 is 2.94 bits per heavy atom. The molecular weight excluding hydrogens is 282 g/mol. The van der Waals surface area contributed by atoms with E-state index < -0.39 is 0 Å². The van der Waals surface area contributed by atoms with Crippen molar-refractivity contribution in [2.45, 2.75) is 0 Å². The first kappa shape index (κ1) is 10.5. The molecule has 0 atom stereocenters. The zero-order valence-corrected chi connectivity index (χ0v) is 10.6. The van der Waals surface area contributed by atoms with E-state index in [0.717, 1.165) is 34.3 Å². The van der Waals surface area contributed by atoms with E-state index >= 15 is 0 Å². The molecule has 0 unspecified atom stereocenters. The van der Waals surface area contributed by atoms with Crippen molar-refractivity contribution in [3.63, 3.8) is 0 Å². The summed E-state index contributed by atoms with van der Waals surface area (Å²) in [5.41, 5.74) is 5.97. The summed E-state index contributed by atoms with van der Waals surface area (Å²) >= 11 is 3.55. The molecule has 0 saturated carbocycles. The molecule has 0 spiro atoms. The minimum Gasteiger partial charge on any atom is -0.296 e. The van der Waals surface area contributed by atoms with Crippen LogP contribution in [0, 0.1) is 0 Å². The molecule has 1 aliphatic rings. The second-order valence-electron chi connectivity index (χ2n) is 3.68. The van der Waals surface area contributed by atoms with Crippen molar-refractivity contribution < 1.29 is 0 Å². The van der Waals surface area contributed by atoms with Gasteiger partial charge in [-0.25, -0.2) is 0 Å². The highest BCUT2D eigenvalue weighted by molar-refractivity contribution is 9.10. The number of benzene rings is 1. The first-order valence-electron chi connectivity index (χ1n) is 5.27. The highest BCUT2D eigenvalue weighted by Gasteiger charge is 2.10. The summed E-state index contributed by atoms with van der Waals surface area (Å²) in [5.74, 6) is 0. The lowest BCUT2D eigenvalue weighted by molar-refractivity contribution is 0.557. The molecule has 2 aromatic rings. The molecule has 5 nitrogen and oxygen atoms in total. The lowest BCUT2D eigenvalue weighted by Crippen LogP contribution is -2.26. The number of halogens is 1. The molecule has 17 heavy (non-hydrogen) atoms. The van der Waals surface area contributed by atoms with Crippen molar-refractivity contribution in [1.29, 1.82) is 0 Å². The Kier molecular flexibility index (Phi) is 2.64. The summed E-state index contributed by atoms with van der Waals surface area (Å²) in [7, 11) is 0. The van der Waals surface area contributed by atoms with Gasteiger partial charge < -0.3 is 0 Å². The van der Waals surface area contributed by atoms with E-state index in [4.69, 9.17) is 0 Å². The van der Waals surface area contributed by atoms with Crippen molar-refractivity contribution in [2.75, 3.05) is 18.5 Å². The Labute approximate surface area is 107 Å². The number of anilines is 1. The molecule has 1 aromatic heterocycles. The van der Waals surface area contributed by atoms with Crippen LogP contribution in [0.4, 0.5) is 5.69 Å². The largest absolute Gasteiger partial charge is 0.296 e. The Morgan fingerprint density at radius 2 is 2.12 bits per heavy atom. The predicted octanol–water partition coefficient (Wildman–Crippen LogP) is 2.06. The minimum absolute atomic E-state index is 0.831. The van der Waals surface area contributed by atoms with Crippen LogP contribution in [-0.2, 0) is 0 Å². The Balaban J connectivity index is 1.99. The maximum Gasteiger partial charge on any atom is 0.105 e. The fraction of sp³-hybridized carbons (Fsp3) is 0.182. The van der Waals surface area contributed by atoms with Gasteiger partial charge in [0, 0.05) is 12.4 Å².